The Labute approximate surface area is 126 Å². The molecule has 0 fully saturated rings. The van der Waals surface area contributed by atoms with Crippen LogP contribution < -0.4 is 10.6 Å². The topological polar surface area (TPSA) is 97.9 Å². The average Bonchev–Trinajstić information content (AvgIpc) is 3.09. The third-order valence-electron chi connectivity index (χ3n) is 2.37. The molecule has 2 aromatic rings. The van der Waals surface area contributed by atoms with Gasteiger partial charge in [0.15, 0.2) is 5.11 Å². The number of anilines is 1. The maximum atomic E-state index is 11.7. The van der Waals surface area contributed by atoms with Crippen LogP contribution in [0.5, 0.6) is 0 Å². The van der Waals surface area contributed by atoms with Crippen LogP contribution in [0.1, 0.15) is 19.1 Å². The highest BCUT2D eigenvalue weighted by molar-refractivity contribution is 7.80. The van der Waals surface area contributed by atoms with Gasteiger partial charge in [-0.2, -0.15) is 0 Å². The van der Waals surface area contributed by atoms with E-state index in [-0.39, 0.29) is 11.0 Å². The first kappa shape index (κ1) is 14.9. The number of amides is 1. The van der Waals surface area contributed by atoms with Gasteiger partial charge in [0.25, 0.3) is 0 Å². The molecule has 2 rings (SSSR count). The first-order chi connectivity index (χ1) is 10.2. The Balaban J connectivity index is 1.86. The molecule has 0 bridgehead atoms. The Hall–Kier alpha value is -2.55. The van der Waals surface area contributed by atoms with Gasteiger partial charge in [-0.1, -0.05) is 12.0 Å². The molecule has 0 aromatic carbocycles. The lowest BCUT2D eigenvalue weighted by molar-refractivity contribution is -0.115. The quantitative estimate of drug-likeness (QED) is 0.632. The van der Waals surface area contributed by atoms with Gasteiger partial charge in [0, 0.05) is 12.6 Å². The fourth-order valence-corrected chi connectivity index (χ4v) is 1.68. The molecule has 8 nitrogen and oxygen atoms in total. The van der Waals surface area contributed by atoms with Gasteiger partial charge in [0.1, 0.15) is 5.76 Å². The summed E-state index contributed by atoms with van der Waals surface area (Å²) < 4.78 is 6.64. The Bertz CT molecular complexity index is 634. The molecule has 0 unspecified atom stereocenters. The minimum Gasteiger partial charge on any atom is -0.465 e. The van der Waals surface area contributed by atoms with E-state index in [1.54, 1.807) is 22.9 Å². The summed E-state index contributed by atoms with van der Waals surface area (Å²) in [6.07, 6.45) is 5.27. The largest absolute Gasteiger partial charge is 0.465 e. The predicted octanol–water partition coefficient (Wildman–Crippen LogP) is 1.20. The number of rotatable bonds is 5. The van der Waals surface area contributed by atoms with E-state index in [9.17, 15) is 4.79 Å². The van der Waals surface area contributed by atoms with E-state index in [0.717, 1.165) is 6.42 Å². The van der Waals surface area contributed by atoms with Crippen LogP contribution in [0, 0.1) is 0 Å². The summed E-state index contributed by atoms with van der Waals surface area (Å²) in [6.45, 7) is 2.66. The number of thiocarbonyl (C=S) groups is 1. The van der Waals surface area contributed by atoms with Crippen LogP contribution in [-0.4, -0.2) is 31.2 Å². The molecule has 9 heteroatoms. The van der Waals surface area contributed by atoms with Crippen molar-refractivity contribution in [2.45, 2.75) is 19.9 Å². The zero-order valence-electron chi connectivity index (χ0n) is 11.3. The van der Waals surface area contributed by atoms with E-state index in [1.165, 1.54) is 12.3 Å². The Kier molecular flexibility index (Phi) is 5.16. The molecule has 0 aliphatic carbocycles. The Morgan fingerprint density at radius 1 is 1.57 bits per heavy atom. The van der Waals surface area contributed by atoms with Crippen molar-refractivity contribution in [1.82, 2.24) is 25.5 Å². The molecule has 0 saturated carbocycles. The number of aromatic nitrogens is 4. The van der Waals surface area contributed by atoms with Crippen molar-refractivity contribution < 1.29 is 9.21 Å². The summed E-state index contributed by atoms with van der Waals surface area (Å²) >= 11 is 5.03. The van der Waals surface area contributed by atoms with Gasteiger partial charge >= 0.3 is 0 Å². The summed E-state index contributed by atoms with van der Waals surface area (Å²) in [4.78, 5) is 11.7. The molecular formula is C12H14N6O2S. The van der Waals surface area contributed by atoms with Crippen LogP contribution >= 0.6 is 12.2 Å². The van der Waals surface area contributed by atoms with Gasteiger partial charge in [-0.25, -0.2) is 4.68 Å². The molecule has 1 amide bonds. The van der Waals surface area contributed by atoms with E-state index in [0.29, 0.717) is 18.3 Å². The second-order valence-corrected chi connectivity index (χ2v) is 4.43. The maximum absolute atomic E-state index is 11.7. The number of aryl methyl sites for hydroxylation is 1. The van der Waals surface area contributed by atoms with Crippen molar-refractivity contribution in [3.63, 3.8) is 0 Å². The standard InChI is InChI=1S/C12H14N6O2S/c1-2-7-18-11(15-16-17-18)14-12(21)13-10(19)6-5-9-4-3-8-20-9/h3-6,8H,2,7H2,1H3,(H2,13,14,15,17,19,21)/b6-5+. The van der Waals surface area contributed by atoms with E-state index in [4.69, 9.17) is 16.6 Å². The molecule has 2 N–H and O–H groups in total. The fourth-order valence-electron chi connectivity index (χ4n) is 1.49. The number of carbonyl (C=O) groups excluding carboxylic acids is 1. The molecule has 2 aromatic heterocycles. The van der Waals surface area contributed by atoms with Gasteiger partial charge in [-0.15, -0.1) is 0 Å². The van der Waals surface area contributed by atoms with Crippen LogP contribution in [0.2, 0.25) is 0 Å². The van der Waals surface area contributed by atoms with E-state index in [2.05, 4.69) is 26.2 Å². The predicted molar refractivity (Wildman–Crippen MR) is 80.2 cm³/mol. The summed E-state index contributed by atoms with van der Waals surface area (Å²) in [6, 6.07) is 3.47. The van der Waals surface area contributed by atoms with Crippen LogP contribution in [0.3, 0.4) is 0 Å². The summed E-state index contributed by atoms with van der Waals surface area (Å²) in [5.41, 5.74) is 0. The highest BCUT2D eigenvalue weighted by atomic mass is 32.1. The highest BCUT2D eigenvalue weighted by Crippen LogP contribution is 2.02. The number of hydrogen-bond donors (Lipinski definition) is 2. The number of hydrogen-bond acceptors (Lipinski definition) is 6. The van der Waals surface area contributed by atoms with Crippen molar-refractivity contribution in [2.75, 3.05) is 5.32 Å². The Morgan fingerprint density at radius 3 is 3.14 bits per heavy atom. The van der Waals surface area contributed by atoms with Gasteiger partial charge in [0.2, 0.25) is 11.9 Å². The molecule has 0 saturated heterocycles. The second-order valence-electron chi connectivity index (χ2n) is 4.02. The zero-order valence-corrected chi connectivity index (χ0v) is 12.1. The molecule has 0 aliphatic rings. The molecular weight excluding hydrogens is 292 g/mol. The number of tetrazole rings is 1. The van der Waals surface area contributed by atoms with Gasteiger partial charge < -0.3 is 4.42 Å². The van der Waals surface area contributed by atoms with Crippen LogP contribution in [0.15, 0.2) is 28.9 Å². The lowest BCUT2D eigenvalue weighted by Crippen LogP contribution is -2.33. The summed E-state index contributed by atoms with van der Waals surface area (Å²) in [5.74, 6) is 0.589. The normalized spacial score (nSPS) is 10.7. The van der Waals surface area contributed by atoms with Crippen LogP contribution in [0.4, 0.5) is 5.95 Å². The maximum Gasteiger partial charge on any atom is 0.250 e. The number of carbonyl (C=O) groups is 1. The van der Waals surface area contributed by atoms with Crippen LogP contribution in [-0.2, 0) is 11.3 Å². The third-order valence-corrected chi connectivity index (χ3v) is 2.58. The average molecular weight is 306 g/mol. The van der Waals surface area contributed by atoms with Gasteiger partial charge in [-0.3, -0.25) is 15.4 Å². The van der Waals surface area contributed by atoms with Crippen molar-refractivity contribution in [3.05, 3.63) is 30.2 Å². The van der Waals surface area contributed by atoms with E-state index >= 15 is 0 Å². The SMILES string of the molecule is CCCn1nnnc1NC(=S)NC(=O)/C=C/c1ccco1. The van der Waals surface area contributed by atoms with Crippen molar-refractivity contribution in [1.29, 1.82) is 0 Å². The summed E-state index contributed by atoms with van der Waals surface area (Å²) in [7, 11) is 0. The molecule has 2 heterocycles. The second kappa shape index (κ2) is 7.29. The number of nitrogens with one attached hydrogen (secondary N) is 2. The molecule has 21 heavy (non-hydrogen) atoms. The minimum absolute atomic E-state index is 0.122. The van der Waals surface area contributed by atoms with E-state index in [1.807, 2.05) is 6.92 Å². The summed E-state index contributed by atoms with van der Waals surface area (Å²) in [5, 5.41) is 16.5. The number of furan rings is 1. The Morgan fingerprint density at radius 2 is 2.43 bits per heavy atom. The lowest BCUT2D eigenvalue weighted by Gasteiger charge is -2.07. The molecule has 0 spiro atoms. The minimum atomic E-state index is -0.376. The highest BCUT2D eigenvalue weighted by Gasteiger charge is 2.08. The fraction of sp³-hybridized carbons (Fsp3) is 0.250. The zero-order chi connectivity index (χ0) is 15.1. The monoisotopic (exact) mass is 306 g/mol. The third kappa shape index (κ3) is 4.49. The molecule has 110 valence electrons. The molecule has 0 radical (unpaired) electrons. The molecule has 0 atom stereocenters. The van der Waals surface area contributed by atoms with Crippen LogP contribution in [0.25, 0.3) is 6.08 Å². The smallest absolute Gasteiger partial charge is 0.250 e. The first-order valence-corrected chi connectivity index (χ1v) is 6.69. The first-order valence-electron chi connectivity index (χ1n) is 6.28. The van der Waals surface area contributed by atoms with Gasteiger partial charge in [0.05, 0.1) is 6.26 Å². The lowest BCUT2D eigenvalue weighted by atomic mass is 10.4. The van der Waals surface area contributed by atoms with Crippen molar-refractivity contribution in [2.24, 2.45) is 0 Å². The number of nitrogens with zero attached hydrogens (tertiary/aromatic N) is 4. The van der Waals surface area contributed by atoms with E-state index < -0.39 is 0 Å². The van der Waals surface area contributed by atoms with Crippen molar-refractivity contribution >= 4 is 35.3 Å². The molecule has 0 aliphatic heterocycles. The van der Waals surface area contributed by atoms with Gasteiger partial charge in [-0.05, 0) is 47.3 Å². The van der Waals surface area contributed by atoms with Crippen molar-refractivity contribution in [3.8, 4) is 0 Å².